The number of rotatable bonds is 4. The average molecular weight is 227 g/mol. The van der Waals surface area contributed by atoms with E-state index in [4.69, 9.17) is 0 Å². The van der Waals surface area contributed by atoms with Crippen LogP contribution in [0, 0.1) is 6.92 Å². The predicted octanol–water partition coefficient (Wildman–Crippen LogP) is 2.64. The highest BCUT2D eigenvalue weighted by molar-refractivity contribution is 5.18. The third-order valence-corrected chi connectivity index (χ3v) is 2.72. The molecule has 1 atom stereocenters. The molecule has 0 fully saturated rings. The van der Waals surface area contributed by atoms with Gasteiger partial charge in [0.1, 0.15) is 5.82 Å². The first kappa shape index (κ1) is 11.7. The van der Waals surface area contributed by atoms with Crippen LogP contribution < -0.4 is 5.32 Å². The second kappa shape index (κ2) is 5.55. The van der Waals surface area contributed by atoms with Crippen LogP contribution in [0.4, 0.5) is 0 Å². The fourth-order valence-corrected chi connectivity index (χ4v) is 1.72. The molecule has 1 heterocycles. The van der Waals surface area contributed by atoms with E-state index >= 15 is 0 Å². The van der Waals surface area contributed by atoms with Gasteiger partial charge < -0.3 is 5.32 Å². The summed E-state index contributed by atoms with van der Waals surface area (Å²) in [5.41, 5.74) is 2.32. The van der Waals surface area contributed by atoms with E-state index in [2.05, 4.69) is 46.5 Å². The number of aryl methyl sites for hydroxylation is 1. The van der Waals surface area contributed by atoms with Crippen LogP contribution in [0.1, 0.15) is 30.0 Å². The van der Waals surface area contributed by atoms with Gasteiger partial charge in [-0.05, 0) is 25.5 Å². The number of benzene rings is 1. The first-order valence-electron chi connectivity index (χ1n) is 5.82. The Kier molecular flexibility index (Phi) is 3.83. The van der Waals surface area contributed by atoms with Crippen LogP contribution in [-0.4, -0.2) is 9.97 Å². The van der Waals surface area contributed by atoms with Crippen LogP contribution in [0.15, 0.2) is 42.6 Å². The fourth-order valence-electron chi connectivity index (χ4n) is 1.72. The molecule has 2 rings (SSSR count). The van der Waals surface area contributed by atoms with Crippen molar-refractivity contribution < 1.29 is 0 Å². The molecule has 0 amide bonds. The Hall–Kier alpha value is -1.74. The van der Waals surface area contributed by atoms with Crippen molar-refractivity contribution in [2.24, 2.45) is 0 Å². The van der Waals surface area contributed by atoms with Gasteiger partial charge in [-0.2, -0.15) is 0 Å². The summed E-state index contributed by atoms with van der Waals surface area (Å²) in [6.07, 6.45) is 1.80. The third kappa shape index (κ3) is 3.36. The maximum atomic E-state index is 4.37. The molecule has 0 saturated heterocycles. The van der Waals surface area contributed by atoms with Gasteiger partial charge in [0.25, 0.3) is 0 Å². The van der Waals surface area contributed by atoms with E-state index in [1.165, 1.54) is 5.56 Å². The number of hydrogen-bond acceptors (Lipinski definition) is 3. The lowest BCUT2D eigenvalue weighted by atomic mass is 10.1. The average Bonchev–Trinajstić information content (AvgIpc) is 2.37. The highest BCUT2D eigenvalue weighted by atomic mass is 14.9. The first-order chi connectivity index (χ1) is 8.25. The van der Waals surface area contributed by atoms with E-state index in [1.54, 1.807) is 6.20 Å². The SMILES string of the molecule is Cc1nccc(CN[C@@H](C)c2ccccc2)n1. The lowest BCUT2D eigenvalue weighted by molar-refractivity contribution is 0.566. The van der Waals surface area contributed by atoms with E-state index in [-0.39, 0.29) is 0 Å². The number of aromatic nitrogens is 2. The topological polar surface area (TPSA) is 37.8 Å². The molecular formula is C14H17N3. The molecule has 1 N–H and O–H groups in total. The van der Waals surface area contributed by atoms with Crippen LogP contribution in [0.3, 0.4) is 0 Å². The summed E-state index contributed by atoms with van der Waals surface area (Å²) in [6, 6.07) is 12.7. The van der Waals surface area contributed by atoms with Gasteiger partial charge >= 0.3 is 0 Å². The molecular weight excluding hydrogens is 210 g/mol. The zero-order valence-corrected chi connectivity index (χ0v) is 10.2. The molecule has 1 aromatic carbocycles. The van der Waals surface area contributed by atoms with E-state index in [0.717, 1.165) is 18.1 Å². The molecule has 1 aromatic heterocycles. The highest BCUT2D eigenvalue weighted by Crippen LogP contribution is 2.11. The number of nitrogens with one attached hydrogen (secondary N) is 1. The van der Waals surface area contributed by atoms with Crippen LogP contribution in [0.5, 0.6) is 0 Å². The summed E-state index contributed by atoms with van der Waals surface area (Å²) in [7, 11) is 0. The van der Waals surface area contributed by atoms with Crippen molar-refractivity contribution in [1.82, 2.24) is 15.3 Å². The molecule has 0 radical (unpaired) electrons. The third-order valence-electron chi connectivity index (χ3n) is 2.72. The lowest BCUT2D eigenvalue weighted by Gasteiger charge is -2.13. The standard InChI is InChI=1S/C14H17N3/c1-11(13-6-4-3-5-7-13)16-10-14-8-9-15-12(2)17-14/h3-9,11,16H,10H2,1-2H3/t11-/m0/s1. The molecule has 0 aliphatic heterocycles. The Morgan fingerprint density at radius 1 is 1.18 bits per heavy atom. The molecule has 0 bridgehead atoms. The minimum atomic E-state index is 0.325. The second-order valence-electron chi connectivity index (χ2n) is 4.11. The molecule has 0 saturated carbocycles. The van der Waals surface area contributed by atoms with Gasteiger partial charge in [0, 0.05) is 18.8 Å². The monoisotopic (exact) mass is 227 g/mol. The van der Waals surface area contributed by atoms with Crippen molar-refractivity contribution in [3.63, 3.8) is 0 Å². The zero-order chi connectivity index (χ0) is 12.1. The molecule has 0 aliphatic carbocycles. The quantitative estimate of drug-likeness (QED) is 0.872. The van der Waals surface area contributed by atoms with Crippen LogP contribution in [0.25, 0.3) is 0 Å². The van der Waals surface area contributed by atoms with Gasteiger partial charge in [-0.3, -0.25) is 0 Å². The molecule has 17 heavy (non-hydrogen) atoms. The second-order valence-corrected chi connectivity index (χ2v) is 4.11. The van der Waals surface area contributed by atoms with Crippen LogP contribution in [-0.2, 0) is 6.54 Å². The van der Waals surface area contributed by atoms with Crippen LogP contribution >= 0.6 is 0 Å². The number of nitrogens with zero attached hydrogens (tertiary/aromatic N) is 2. The van der Waals surface area contributed by atoms with Gasteiger partial charge in [-0.25, -0.2) is 9.97 Å². The van der Waals surface area contributed by atoms with Crippen molar-refractivity contribution >= 4 is 0 Å². The maximum absolute atomic E-state index is 4.37. The van der Waals surface area contributed by atoms with Crippen molar-refractivity contribution in [1.29, 1.82) is 0 Å². The normalized spacial score (nSPS) is 12.4. The summed E-state index contributed by atoms with van der Waals surface area (Å²) in [6.45, 7) is 4.83. The van der Waals surface area contributed by atoms with E-state index < -0.39 is 0 Å². The van der Waals surface area contributed by atoms with Gasteiger partial charge in [0.2, 0.25) is 0 Å². The lowest BCUT2D eigenvalue weighted by Crippen LogP contribution is -2.18. The molecule has 3 nitrogen and oxygen atoms in total. The minimum absolute atomic E-state index is 0.325. The molecule has 3 heteroatoms. The summed E-state index contributed by atoms with van der Waals surface area (Å²) < 4.78 is 0. The summed E-state index contributed by atoms with van der Waals surface area (Å²) in [5, 5.41) is 3.45. The largest absolute Gasteiger partial charge is 0.305 e. The molecule has 0 aliphatic rings. The smallest absolute Gasteiger partial charge is 0.125 e. The minimum Gasteiger partial charge on any atom is -0.305 e. The Bertz CT molecular complexity index is 468. The molecule has 0 spiro atoms. The van der Waals surface area contributed by atoms with Crippen LogP contribution in [0.2, 0.25) is 0 Å². The van der Waals surface area contributed by atoms with Crippen molar-refractivity contribution in [3.8, 4) is 0 Å². The summed E-state index contributed by atoms with van der Waals surface area (Å²) in [4.78, 5) is 8.45. The van der Waals surface area contributed by atoms with Gasteiger partial charge in [-0.15, -0.1) is 0 Å². The Morgan fingerprint density at radius 2 is 1.94 bits per heavy atom. The first-order valence-corrected chi connectivity index (χ1v) is 5.82. The van der Waals surface area contributed by atoms with Crippen molar-refractivity contribution in [2.45, 2.75) is 26.4 Å². The van der Waals surface area contributed by atoms with Gasteiger partial charge in [-0.1, -0.05) is 30.3 Å². The number of hydrogen-bond donors (Lipinski definition) is 1. The maximum Gasteiger partial charge on any atom is 0.125 e. The zero-order valence-electron chi connectivity index (χ0n) is 10.2. The summed E-state index contributed by atoms with van der Waals surface area (Å²) in [5.74, 6) is 0.816. The van der Waals surface area contributed by atoms with Crippen molar-refractivity contribution in [2.75, 3.05) is 0 Å². The molecule has 88 valence electrons. The Balaban J connectivity index is 1.95. The predicted molar refractivity (Wildman–Crippen MR) is 68.5 cm³/mol. The van der Waals surface area contributed by atoms with E-state index in [9.17, 15) is 0 Å². The van der Waals surface area contributed by atoms with Gasteiger partial charge in [0.15, 0.2) is 0 Å². The Labute approximate surface area is 102 Å². The van der Waals surface area contributed by atoms with E-state index in [1.807, 2.05) is 19.1 Å². The Morgan fingerprint density at radius 3 is 2.65 bits per heavy atom. The molecule has 0 unspecified atom stereocenters. The highest BCUT2D eigenvalue weighted by Gasteiger charge is 2.04. The fraction of sp³-hybridized carbons (Fsp3) is 0.286. The van der Waals surface area contributed by atoms with E-state index in [0.29, 0.717) is 6.04 Å². The molecule has 2 aromatic rings. The summed E-state index contributed by atoms with van der Waals surface area (Å²) >= 11 is 0. The van der Waals surface area contributed by atoms with Gasteiger partial charge in [0.05, 0.1) is 5.69 Å². The van der Waals surface area contributed by atoms with Crippen molar-refractivity contribution in [3.05, 3.63) is 59.7 Å².